The van der Waals surface area contributed by atoms with Gasteiger partial charge in [0.15, 0.2) is 5.65 Å². The molecule has 0 aliphatic heterocycles. The molecular weight excluding hydrogens is 442 g/mol. The van der Waals surface area contributed by atoms with Crippen molar-refractivity contribution in [2.24, 2.45) is 0 Å². The highest BCUT2D eigenvalue weighted by Gasteiger charge is 2.24. The highest BCUT2D eigenvalue weighted by molar-refractivity contribution is 6.10. The summed E-state index contributed by atoms with van der Waals surface area (Å²) in [6.07, 6.45) is 0. The van der Waals surface area contributed by atoms with Gasteiger partial charge in [-0.05, 0) is 35.9 Å². The molecule has 2 aromatic heterocycles. The number of hydrogen-bond acceptors (Lipinski definition) is 6. The van der Waals surface area contributed by atoms with Crippen molar-refractivity contribution in [3.8, 4) is 11.5 Å². The summed E-state index contributed by atoms with van der Waals surface area (Å²) in [6.45, 7) is 0.716. The molecule has 8 nitrogen and oxygen atoms in total. The first-order valence-electron chi connectivity index (χ1n) is 11.2. The summed E-state index contributed by atoms with van der Waals surface area (Å²) in [6, 6.07) is 22.8. The normalized spacial score (nSPS) is 11.0. The van der Waals surface area contributed by atoms with Gasteiger partial charge < -0.3 is 25.1 Å². The van der Waals surface area contributed by atoms with Gasteiger partial charge in [0.2, 0.25) is 0 Å². The Bertz CT molecular complexity index is 1530. The van der Waals surface area contributed by atoms with Crippen molar-refractivity contribution in [2.45, 2.75) is 13.1 Å². The average molecular weight is 468 g/mol. The standard InChI is InChI=1S/C27H25N5O3/c1-34-19-13-11-17(12-14-19)16-32-25(28)23(24-26(32)31-21-9-5-4-8-20(21)30-24)27(33)29-15-18-7-3-6-10-22(18)35-2/h3-14H,15-16,28H2,1-2H3,(H,29,33). The minimum atomic E-state index is -0.323. The fourth-order valence-corrected chi connectivity index (χ4v) is 4.13. The van der Waals surface area contributed by atoms with Crippen LogP contribution in [0.1, 0.15) is 21.5 Å². The molecule has 0 aliphatic rings. The number of para-hydroxylation sites is 3. The topological polar surface area (TPSA) is 104 Å². The Balaban J connectivity index is 1.57. The van der Waals surface area contributed by atoms with Gasteiger partial charge >= 0.3 is 0 Å². The van der Waals surface area contributed by atoms with E-state index in [0.717, 1.165) is 22.4 Å². The molecule has 0 bridgehead atoms. The second kappa shape index (κ2) is 9.34. The Morgan fingerprint density at radius 1 is 0.914 bits per heavy atom. The second-order valence-corrected chi connectivity index (χ2v) is 8.07. The number of amides is 1. The predicted octanol–water partition coefficient (Wildman–Crippen LogP) is 4.16. The Labute approximate surface area is 202 Å². The number of rotatable bonds is 7. The zero-order valence-electron chi connectivity index (χ0n) is 19.5. The lowest BCUT2D eigenvalue weighted by Gasteiger charge is -2.10. The second-order valence-electron chi connectivity index (χ2n) is 8.07. The number of carbonyl (C=O) groups is 1. The van der Waals surface area contributed by atoms with Gasteiger partial charge in [0.05, 0.1) is 31.8 Å². The van der Waals surface area contributed by atoms with Crippen LogP contribution in [0.3, 0.4) is 0 Å². The number of aromatic nitrogens is 3. The van der Waals surface area contributed by atoms with E-state index in [9.17, 15) is 4.79 Å². The third kappa shape index (κ3) is 4.21. The molecule has 3 aromatic carbocycles. The van der Waals surface area contributed by atoms with E-state index < -0.39 is 0 Å². The number of methoxy groups -OCH3 is 2. The molecule has 3 N–H and O–H groups in total. The highest BCUT2D eigenvalue weighted by Crippen LogP contribution is 2.29. The molecule has 1 amide bonds. The van der Waals surface area contributed by atoms with Crippen LogP contribution in [0.5, 0.6) is 11.5 Å². The number of hydrogen-bond donors (Lipinski definition) is 2. The van der Waals surface area contributed by atoms with E-state index in [1.54, 1.807) is 14.2 Å². The van der Waals surface area contributed by atoms with Crippen LogP contribution < -0.4 is 20.5 Å². The number of nitrogens with two attached hydrogens (primary N) is 1. The van der Waals surface area contributed by atoms with Crippen molar-refractivity contribution in [2.75, 3.05) is 20.0 Å². The number of ether oxygens (including phenoxy) is 2. The predicted molar refractivity (Wildman–Crippen MR) is 136 cm³/mol. The molecule has 0 aliphatic carbocycles. The number of nitrogen functional groups attached to an aromatic ring is 1. The van der Waals surface area contributed by atoms with Gasteiger partial charge in [0.1, 0.15) is 28.4 Å². The van der Waals surface area contributed by atoms with E-state index in [1.807, 2.05) is 77.4 Å². The highest BCUT2D eigenvalue weighted by atomic mass is 16.5. The first kappa shape index (κ1) is 22.2. The van der Waals surface area contributed by atoms with E-state index >= 15 is 0 Å². The molecule has 8 heteroatoms. The van der Waals surface area contributed by atoms with Crippen LogP contribution in [-0.2, 0) is 13.1 Å². The number of anilines is 1. The number of nitrogens with one attached hydrogen (secondary N) is 1. The molecule has 2 heterocycles. The van der Waals surface area contributed by atoms with Crippen LogP contribution in [0, 0.1) is 0 Å². The third-order valence-corrected chi connectivity index (χ3v) is 5.95. The van der Waals surface area contributed by atoms with Crippen molar-refractivity contribution in [3.63, 3.8) is 0 Å². The van der Waals surface area contributed by atoms with E-state index in [4.69, 9.17) is 25.2 Å². The fourth-order valence-electron chi connectivity index (χ4n) is 4.13. The number of nitrogens with zero attached hydrogens (tertiary/aromatic N) is 3. The summed E-state index contributed by atoms with van der Waals surface area (Å²) in [5.41, 5.74) is 11.2. The van der Waals surface area contributed by atoms with Crippen LogP contribution >= 0.6 is 0 Å². The van der Waals surface area contributed by atoms with Crippen molar-refractivity contribution >= 4 is 33.9 Å². The molecule has 0 unspecified atom stereocenters. The van der Waals surface area contributed by atoms with Gasteiger partial charge in [-0.15, -0.1) is 0 Å². The first-order valence-corrected chi connectivity index (χ1v) is 11.2. The first-order chi connectivity index (χ1) is 17.1. The quantitative estimate of drug-likeness (QED) is 0.372. The van der Waals surface area contributed by atoms with Gasteiger partial charge in [0.25, 0.3) is 5.91 Å². The van der Waals surface area contributed by atoms with Crippen LogP contribution in [0.4, 0.5) is 5.82 Å². The SMILES string of the molecule is COc1ccc(Cn2c(N)c(C(=O)NCc3ccccc3OC)c3nc4ccccc4nc32)cc1. The third-order valence-electron chi connectivity index (χ3n) is 5.95. The fraction of sp³-hybridized carbons (Fsp3) is 0.148. The van der Waals surface area contributed by atoms with Crippen LogP contribution in [0.15, 0.2) is 72.8 Å². The van der Waals surface area contributed by atoms with Gasteiger partial charge in [-0.2, -0.15) is 0 Å². The smallest absolute Gasteiger partial charge is 0.257 e. The number of benzene rings is 3. The van der Waals surface area contributed by atoms with E-state index in [0.29, 0.717) is 40.4 Å². The largest absolute Gasteiger partial charge is 0.497 e. The lowest BCUT2D eigenvalue weighted by molar-refractivity contribution is 0.0953. The zero-order chi connectivity index (χ0) is 24.4. The van der Waals surface area contributed by atoms with Crippen molar-refractivity contribution in [3.05, 3.63) is 89.5 Å². The van der Waals surface area contributed by atoms with E-state index in [-0.39, 0.29) is 12.5 Å². The number of carbonyl (C=O) groups excluding carboxylic acids is 1. The molecule has 5 rings (SSSR count). The minimum Gasteiger partial charge on any atom is -0.497 e. The minimum absolute atomic E-state index is 0.286. The molecule has 0 saturated carbocycles. The molecule has 0 atom stereocenters. The summed E-state index contributed by atoms with van der Waals surface area (Å²) in [4.78, 5) is 23.0. The lowest BCUT2D eigenvalue weighted by Crippen LogP contribution is -2.24. The van der Waals surface area contributed by atoms with Crippen LogP contribution in [0.25, 0.3) is 22.2 Å². The van der Waals surface area contributed by atoms with Gasteiger partial charge in [-0.3, -0.25) is 4.79 Å². The van der Waals surface area contributed by atoms with Crippen LogP contribution in [0.2, 0.25) is 0 Å². The van der Waals surface area contributed by atoms with Crippen molar-refractivity contribution in [1.29, 1.82) is 0 Å². The van der Waals surface area contributed by atoms with Crippen LogP contribution in [-0.4, -0.2) is 34.7 Å². The average Bonchev–Trinajstić information content (AvgIpc) is 3.16. The summed E-state index contributed by atoms with van der Waals surface area (Å²) in [7, 11) is 3.23. The van der Waals surface area contributed by atoms with Gasteiger partial charge in [-0.25, -0.2) is 9.97 Å². The molecule has 0 radical (unpaired) electrons. The maximum absolute atomic E-state index is 13.4. The summed E-state index contributed by atoms with van der Waals surface area (Å²) < 4.78 is 12.5. The summed E-state index contributed by atoms with van der Waals surface area (Å²) >= 11 is 0. The lowest BCUT2D eigenvalue weighted by atomic mass is 10.2. The molecule has 5 aromatic rings. The molecule has 0 saturated heterocycles. The molecule has 0 fully saturated rings. The summed E-state index contributed by atoms with van der Waals surface area (Å²) in [5.74, 6) is 1.45. The van der Waals surface area contributed by atoms with Crippen molar-refractivity contribution in [1.82, 2.24) is 19.9 Å². The zero-order valence-corrected chi connectivity index (χ0v) is 19.5. The Morgan fingerprint density at radius 2 is 1.60 bits per heavy atom. The Hall–Kier alpha value is -4.59. The molecular formula is C27H25N5O3. The van der Waals surface area contributed by atoms with Gasteiger partial charge in [0, 0.05) is 12.1 Å². The molecule has 35 heavy (non-hydrogen) atoms. The molecule has 0 spiro atoms. The molecule has 176 valence electrons. The Kier molecular flexibility index (Phi) is 5.93. The van der Waals surface area contributed by atoms with E-state index in [2.05, 4.69) is 5.32 Å². The van der Waals surface area contributed by atoms with Crippen molar-refractivity contribution < 1.29 is 14.3 Å². The maximum Gasteiger partial charge on any atom is 0.257 e. The number of fused-ring (bicyclic) bond motifs is 2. The van der Waals surface area contributed by atoms with Gasteiger partial charge in [-0.1, -0.05) is 42.5 Å². The maximum atomic E-state index is 13.4. The Morgan fingerprint density at radius 3 is 2.31 bits per heavy atom. The monoisotopic (exact) mass is 467 g/mol. The van der Waals surface area contributed by atoms with E-state index in [1.165, 1.54) is 0 Å². The summed E-state index contributed by atoms with van der Waals surface area (Å²) in [5, 5.41) is 2.97.